The molecule has 2 N–H and O–H groups in total. The van der Waals surface area contributed by atoms with Crippen LogP contribution in [0, 0.1) is 6.92 Å². The van der Waals surface area contributed by atoms with Crippen LogP contribution in [0.3, 0.4) is 0 Å². The zero-order valence-corrected chi connectivity index (χ0v) is 9.23. The Kier molecular flexibility index (Phi) is 5.25. The molecule has 4 heteroatoms. The van der Waals surface area contributed by atoms with Gasteiger partial charge in [-0.25, -0.2) is 0 Å². The molecule has 0 fully saturated rings. The van der Waals surface area contributed by atoms with Gasteiger partial charge in [0, 0.05) is 25.9 Å². The van der Waals surface area contributed by atoms with Crippen molar-refractivity contribution in [2.24, 2.45) is 0 Å². The minimum atomic E-state index is -0.459. The minimum absolute atomic E-state index is 0.355. The van der Waals surface area contributed by atoms with E-state index in [1.54, 1.807) is 7.11 Å². The Morgan fingerprint density at radius 1 is 1.53 bits per heavy atom. The lowest BCUT2D eigenvalue weighted by atomic mass is 10.3. The van der Waals surface area contributed by atoms with E-state index in [4.69, 9.17) is 4.74 Å². The Balaban J connectivity index is 2.25. The third kappa shape index (κ3) is 4.88. The fraction of sp³-hybridized carbons (Fsp3) is 0.545. The minimum Gasteiger partial charge on any atom is -0.389 e. The number of nitrogens with one attached hydrogen (secondary N) is 1. The summed E-state index contributed by atoms with van der Waals surface area (Å²) in [6, 6.07) is 5.90. The summed E-state index contributed by atoms with van der Waals surface area (Å²) in [5.41, 5.74) is 1.99. The zero-order valence-electron chi connectivity index (χ0n) is 9.23. The summed E-state index contributed by atoms with van der Waals surface area (Å²) in [6.07, 6.45) is -0.459. The third-order valence-corrected chi connectivity index (χ3v) is 1.99. The van der Waals surface area contributed by atoms with E-state index < -0.39 is 6.10 Å². The van der Waals surface area contributed by atoms with Crippen LogP contribution >= 0.6 is 0 Å². The molecule has 0 radical (unpaired) electrons. The number of methoxy groups -OCH3 is 1. The Morgan fingerprint density at radius 3 is 3.00 bits per heavy atom. The van der Waals surface area contributed by atoms with E-state index in [1.165, 1.54) is 0 Å². The van der Waals surface area contributed by atoms with Gasteiger partial charge in [0.2, 0.25) is 0 Å². The lowest BCUT2D eigenvalue weighted by molar-refractivity contribution is 0.0643. The molecule has 0 saturated heterocycles. The molecule has 0 saturated carbocycles. The molecule has 0 aliphatic carbocycles. The van der Waals surface area contributed by atoms with Crippen LogP contribution in [0.15, 0.2) is 18.2 Å². The quantitative estimate of drug-likeness (QED) is 0.717. The van der Waals surface area contributed by atoms with E-state index in [-0.39, 0.29) is 0 Å². The van der Waals surface area contributed by atoms with Gasteiger partial charge < -0.3 is 15.2 Å². The first kappa shape index (κ1) is 12.1. The molecule has 0 spiro atoms. The second-order valence-corrected chi connectivity index (χ2v) is 3.51. The molecule has 1 atom stereocenters. The fourth-order valence-corrected chi connectivity index (χ4v) is 1.32. The van der Waals surface area contributed by atoms with Crippen molar-refractivity contribution in [2.75, 3.05) is 20.3 Å². The number of aryl methyl sites for hydroxylation is 1. The summed E-state index contributed by atoms with van der Waals surface area (Å²) in [5, 5.41) is 12.5. The number of hydrogen-bond donors (Lipinski definition) is 2. The van der Waals surface area contributed by atoms with Crippen LogP contribution in [-0.2, 0) is 11.3 Å². The summed E-state index contributed by atoms with van der Waals surface area (Å²) >= 11 is 0. The van der Waals surface area contributed by atoms with E-state index in [1.807, 2.05) is 25.1 Å². The van der Waals surface area contributed by atoms with Gasteiger partial charge in [0.25, 0.3) is 0 Å². The Hall–Kier alpha value is -0.970. The Bertz CT molecular complexity index is 292. The molecule has 0 aliphatic heterocycles. The molecule has 4 nitrogen and oxygen atoms in total. The summed E-state index contributed by atoms with van der Waals surface area (Å²) in [4.78, 5) is 4.34. The van der Waals surface area contributed by atoms with Gasteiger partial charge in [0.15, 0.2) is 0 Å². The van der Waals surface area contributed by atoms with Gasteiger partial charge in [-0.05, 0) is 19.1 Å². The second kappa shape index (κ2) is 6.50. The largest absolute Gasteiger partial charge is 0.389 e. The van der Waals surface area contributed by atoms with Crippen LogP contribution in [0.1, 0.15) is 11.4 Å². The number of nitrogens with zero attached hydrogens (tertiary/aromatic N) is 1. The highest BCUT2D eigenvalue weighted by molar-refractivity contribution is 5.09. The number of aliphatic hydroxyl groups is 1. The number of hydrogen-bond acceptors (Lipinski definition) is 4. The smallest absolute Gasteiger partial charge is 0.0897 e. The van der Waals surface area contributed by atoms with Crippen molar-refractivity contribution in [1.29, 1.82) is 0 Å². The van der Waals surface area contributed by atoms with E-state index >= 15 is 0 Å². The molecule has 15 heavy (non-hydrogen) atoms. The van der Waals surface area contributed by atoms with Gasteiger partial charge in [0.05, 0.1) is 18.4 Å². The molecule has 0 aliphatic rings. The highest BCUT2D eigenvalue weighted by Gasteiger charge is 2.02. The molecular weight excluding hydrogens is 192 g/mol. The number of ether oxygens (including phenoxy) is 1. The molecule has 0 aromatic carbocycles. The maximum Gasteiger partial charge on any atom is 0.0897 e. The fourth-order valence-electron chi connectivity index (χ4n) is 1.32. The molecule has 1 heterocycles. The molecule has 0 bridgehead atoms. The van der Waals surface area contributed by atoms with Gasteiger partial charge in [-0.3, -0.25) is 4.98 Å². The second-order valence-electron chi connectivity index (χ2n) is 3.51. The van der Waals surface area contributed by atoms with Crippen LogP contribution in [0.5, 0.6) is 0 Å². The molecular formula is C11H18N2O2. The van der Waals surface area contributed by atoms with E-state index in [2.05, 4.69) is 10.3 Å². The van der Waals surface area contributed by atoms with Crippen LogP contribution in [0.25, 0.3) is 0 Å². The van der Waals surface area contributed by atoms with Crippen molar-refractivity contribution in [3.63, 3.8) is 0 Å². The number of pyridine rings is 1. The van der Waals surface area contributed by atoms with E-state index in [9.17, 15) is 5.11 Å². The maximum absolute atomic E-state index is 9.37. The molecule has 1 rings (SSSR count). The van der Waals surface area contributed by atoms with Gasteiger partial charge in [-0.1, -0.05) is 6.07 Å². The molecule has 1 aromatic rings. The predicted molar refractivity (Wildman–Crippen MR) is 58.6 cm³/mol. The number of aliphatic hydroxyl groups excluding tert-OH is 1. The maximum atomic E-state index is 9.37. The van der Waals surface area contributed by atoms with Crippen LogP contribution in [0.4, 0.5) is 0 Å². The predicted octanol–water partition coefficient (Wildman–Crippen LogP) is 0.487. The van der Waals surface area contributed by atoms with Gasteiger partial charge in [0.1, 0.15) is 0 Å². The third-order valence-electron chi connectivity index (χ3n) is 1.99. The summed E-state index contributed by atoms with van der Waals surface area (Å²) in [6.45, 7) is 3.50. The highest BCUT2D eigenvalue weighted by Crippen LogP contribution is 1.97. The SMILES string of the molecule is COCC(O)CNCc1cccc(C)n1. The van der Waals surface area contributed by atoms with Gasteiger partial charge >= 0.3 is 0 Å². The van der Waals surface area contributed by atoms with Crippen molar-refractivity contribution < 1.29 is 9.84 Å². The van der Waals surface area contributed by atoms with Crippen LogP contribution < -0.4 is 5.32 Å². The molecule has 1 unspecified atom stereocenters. The topological polar surface area (TPSA) is 54.4 Å². The molecule has 1 aromatic heterocycles. The normalized spacial score (nSPS) is 12.7. The summed E-state index contributed by atoms with van der Waals surface area (Å²) < 4.78 is 4.82. The number of aromatic nitrogens is 1. The van der Waals surface area contributed by atoms with Crippen molar-refractivity contribution in [3.05, 3.63) is 29.6 Å². The molecule has 0 amide bonds. The lowest BCUT2D eigenvalue weighted by Gasteiger charge is -2.10. The zero-order chi connectivity index (χ0) is 11.1. The van der Waals surface area contributed by atoms with Crippen LogP contribution in [0.2, 0.25) is 0 Å². The summed E-state index contributed by atoms with van der Waals surface area (Å²) in [7, 11) is 1.57. The van der Waals surface area contributed by atoms with Crippen molar-refractivity contribution in [1.82, 2.24) is 10.3 Å². The van der Waals surface area contributed by atoms with Crippen molar-refractivity contribution >= 4 is 0 Å². The highest BCUT2D eigenvalue weighted by atomic mass is 16.5. The van der Waals surface area contributed by atoms with E-state index in [0.717, 1.165) is 11.4 Å². The molecule has 84 valence electrons. The van der Waals surface area contributed by atoms with E-state index in [0.29, 0.717) is 19.7 Å². The first-order valence-corrected chi connectivity index (χ1v) is 5.02. The van der Waals surface area contributed by atoms with Crippen molar-refractivity contribution in [2.45, 2.75) is 19.6 Å². The Morgan fingerprint density at radius 2 is 2.33 bits per heavy atom. The monoisotopic (exact) mass is 210 g/mol. The van der Waals surface area contributed by atoms with Crippen molar-refractivity contribution in [3.8, 4) is 0 Å². The van der Waals surface area contributed by atoms with Gasteiger partial charge in [-0.2, -0.15) is 0 Å². The Labute approximate surface area is 90.3 Å². The van der Waals surface area contributed by atoms with Crippen LogP contribution in [-0.4, -0.2) is 36.5 Å². The van der Waals surface area contributed by atoms with Gasteiger partial charge in [-0.15, -0.1) is 0 Å². The first-order chi connectivity index (χ1) is 7.22. The summed E-state index contributed by atoms with van der Waals surface area (Å²) in [5.74, 6) is 0. The first-order valence-electron chi connectivity index (χ1n) is 5.02. The average Bonchev–Trinajstić information content (AvgIpc) is 2.18. The number of rotatable bonds is 6. The lowest BCUT2D eigenvalue weighted by Crippen LogP contribution is -2.29. The standard InChI is InChI=1S/C11H18N2O2/c1-9-4-3-5-10(13-9)6-12-7-11(14)8-15-2/h3-5,11-12,14H,6-8H2,1-2H3. The average molecular weight is 210 g/mol.